The van der Waals surface area contributed by atoms with Crippen LogP contribution in [0.1, 0.15) is 57.9 Å². The molecule has 1 saturated heterocycles. The molecule has 0 saturated carbocycles. The van der Waals surface area contributed by atoms with E-state index >= 15 is 0 Å². The molecule has 5 rings (SSSR count). The first-order valence-corrected chi connectivity index (χ1v) is 10.3. The third-order valence-electron chi connectivity index (χ3n) is 6.03. The topological polar surface area (TPSA) is 66.7 Å². The second-order valence-corrected chi connectivity index (χ2v) is 7.96. The molecule has 1 aromatic heterocycles. The van der Waals surface area contributed by atoms with Gasteiger partial charge < -0.3 is 14.3 Å². The van der Waals surface area contributed by atoms with E-state index in [1.807, 2.05) is 72.5 Å². The van der Waals surface area contributed by atoms with Gasteiger partial charge in [-0.05, 0) is 37.0 Å². The Hall–Kier alpha value is -3.41. The number of benzene rings is 2. The van der Waals surface area contributed by atoms with Crippen molar-refractivity contribution in [1.82, 2.24) is 15.0 Å². The Morgan fingerprint density at radius 2 is 1.90 bits per heavy atom. The van der Waals surface area contributed by atoms with Gasteiger partial charge in [0, 0.05) is 24.7 Å². The van der Waals surface area contributed by atoms with Crippen LogP contribution in [0.3, 0.4) is 0 Å². The molecule has 2 aromatic carbocycles. The molecule has 0 spiro atoms. The van der Waals surface area contributed by atoms with Gasteiger partial charge in [-0.15, -0.1) is 0 Å². The highest BCUT2D eigenvalue weighted by Crippen LogP contribution is 2.38. The number of carbonyl (C=O) groups excluding carboxylic acids is 2. The van der Waals surface area contributed by atoms with Gasteiger partial charge in [-0.3, -0.25) is 9.59 Å². The molecule has 1 unspecified atom stereocenters. The van der Waals surface area contributed by atoms with Crippen LogP contribution >= 0.6 is 0 Å². The summed E-state index contributed by atoms with van der Waals surface area (Å²) in [4.78, 5) is 30.7. The molecule has 0 radical (unpaired) electrons. The van der Waals surface area contributed by atoms with Gasteiger partial charge in [0.2, 0.25) is 0 Å². The van der Waals surface area contributed by atoms with Crippen LogP contribution in [0.2, 0.25) is 0 Å². The number of amides is 2. The summed E-state index contributed by atoms with van der Waals surface area (Å²) in [6, 6.07) is 18.3. The second kappa shape index (κ2) is 7.44. The van der Waals surface area contributed by atoms with Crippen LogP contribution in [0.4, 0.5) is 0 Å². The third-order valence-corrected chi connectivity index (χ3v) is 6.03. The molecule has 0 aliphatic carbocycles. The highest BCUT2D eigenvalue weighted by molar-refractivity contribution is 6.01. The number of aryl methyl sites for hydroxylation is 1. The van der Waals surface area contributed by atoms with Crippen molar-refractivity contribution in [1.29, 1.82) is 0 Å². The van der Waals surface area contributed by atoms with Crippen molar-refractivity contribution in [3.05, 3.63) is 88.8 Å². The van der Waals surface area contributed by atoms with Crippen LogP contribution in [0.15, 0.2) is 65.2 Å². The number of likely N-dealkylation sites (tertiary alicyclic amines) is 1. The van der Waals surface area contributed by atoms with E-state index in [4.69, 9.17) is 4.52 Å². The largest absolute Gasteiger partial charge is 0.361 e. The van der Waals surface area contributed by atoms with Crippen LogP contribution in [-0.4, -0.2) is 33.3 Å². The van der Waals surface area contributed by atoms with E-state index in [-0.39, 0.29) is 17.9 Å². The zero-order chi connectivity index (χ0) is 20.7. The molecule has 0 N–H and O–H groups in total. The number of fused-ring (bicyclic) bond motifs is 1. The maximum atomic E-state index is 13.9. The van der Waals surface area contributed by atoms with Gasteiger partial charge in [0.1, 0.15) is 17.5 Å². The fourth-order valence-corrected chi connectivity index (χ4v) is 4.61. The quantitative estimate of drug-likeness (QED) is 0.662. The van der Waals surface area contributed by atoms with Crippen LogP contribution in [0.25, 0.3) is 0 Å². The van der Waals surface area contributed by atoms with Gasteiger partial charge in [0.15, 0.2) is 0 Å². The summed E-state index contributed by atoms with van der Waals surface area (Å²) in [5.74, 6) is 0.570. The smallest absolute Gasteiger partial charge is 0.255 e. The molecule has 3 aromatic rings. The molecule has 0 bridgehead atoms. The van der Waals surface area contributed by atoms with E-state index in [1.165, 1.54) is 0 Å². The van der Waals surface area contributed by atoms with Gasteiger partial charge in [-0.2, -0.15) is 0 Å². The Morgan fingerprint density at radius 1 is 1.13 bits per heavy atom. The SMILES string of the molecule is Cc1cc(C2CCCN2C(=O)[C@@H](c2ccccc2)N2Cc3ccccc3C2=O)no1. The lowest BCUT2D eigenvalue weighted by Gasteiger charge is -2.33. The Bertz CT molecular complexity index is 1090. The fraction of sp³-hybridized carbons (Fsp3) is 0.292. The Labute approximate surface area is 175 Å². The van der Waals surface area contributed by atoms with Crippen molar-refractivity contribution in [3.63, 3.8) is 0 Å². The van der Waals surface area contributed by atoms with E-state index in [9.17, 15) is 9.59 Å². The average molecular weight is 401 g/mol. The molecule has 3 heterocycles. The van der Waals surface area contributed by atoms with Crippen LogP contribution in [0.5, 0.6) is 0 Å². The minimum absolute atomic E-state index is 0.0643. The van der Waals surface area contributed by atoms with E-state index in [0.717, 1.165) is 35.4 Å². The first-order valence-electron chi connectivity index (χ1n) is 10.3. The van der Waals surface area contributed by atoms with E-state index in [0.29, 0.717) is 18.7 Å². The van der Waals surface area contributed by atoms with Crippen LogP contribution in [-0.2, 0) is 11.3 Å². The van der Waals surface area contributed by atoms with E-state index < -0.39 is 6.04 Å². The van der Waals surface area contributed by atoms with E-state index in [1.54, 1.807) is 4.90 Å². The summed E-state index contributed by atoms with van der Waals surface area (Å²) in [7, 11) is 0. The standard InChI is InChI=1S/C24H23N3O3/c1-16-14-20(25-30-16)21-12-7-13-26(21)24(29)22(17-8-3-2-4-9-17)27-15-18-10-5-6-11-19(18)23(27)28/h2-6,8-11,14,21-22H,7,12-13,15H2,1H3/t21?,22-/m1/s1. The first-order chi connectivity index (χ1) is 14.6. The lowest BCUT2D eigenvalue weighted by molar-refractivity contribution is -0.137. The predicted molar refractivity (Wildman–Crippen MR) is 110 cm³/mol. The average Bonchev–Trinajstić information content (AvgIpc) is 3.49. The summed E-state index contributed by atoms with van der Waals surface area (Å²) < 4.78 is 5.26. The second-order valence-electron chi connectivity index (χ2n) is 7.96. The molecule has 2 amide bonds. The molecule has 152 valence electrons. The lowest BCUT2D eigenvalue weighted by atomic mass is 10.0. The minimum atomic E-state index is -0.667. The number of hydrogen-bond donors (Lipinski definition) is 0. The van der Waals surface area contributed by atoms with Crippen molar-refractivity contribution >= 4 is 11.8 Å². The van der Waals surface area contributed by atoms with Crippen molar-refractivity contribution in [2.45, 2.75) is 38.4 Å². The molecule has 1 fully saturated rings. The molecular weight excluding hydrogens is 378 g/mol. The summed E-state index contributed by atoms with van der Waals surface area (Å²) >= 11 is 0. The molecule has 2 aliphatic heterocycles. The highest BCUT2D eigenvalue weighted by atomic mass is 16.5. The highest BCUT2D eigenvalue weighted by Gasteiger charge is 2.42. The Morgan fingerprint density at radius 3 is 2.63 bits per heavy atom. The van der Waals surface area contributed by atoms with Gasteiger partial charge in [-0.1, -0.05) is 53.7 Å². The fourth-order valence-electron chi connectivity index (χ4n) is 4.61. The van der Waals surface area contributed by atoms with Gasteiger partial charge in [0.05, 0.1) is 6.04 Å². The Balaban J connectivity index is 1.51. The molecule has 2 aliphatic rings. The van der Waals surface area contributed by atoms with Crippen molar-refractivity contribution in [3.8, 4) is 0 Å². The number of rotatable bonds is 4. The summed E-state index contributed by atoms with van der Waals surface area (Å²) in [5, 5.41) is 4.16. The molecule has 6 heteroatoms. The minimum Gasteiger partial charge on any atom is -0.361 e. The summed E-state index contributed by atoms with van der Waals surface area (Å²) in [6.07, 6.45) is 1.74. The van der Waals surface area contributed by atoms with Crippen molar-refractivity contribution < 1.29 is 14.1 Å². The van der Waals surface area contributed by atoms with Gasteiger partial charge >= 0.3 is 0 Å². The van der Waals surface area contributed by atoms with Crippen molar-refractivity contribution in [2.75, 3.05) is 6.54 Å². The molecule has 30 heavy (non-hydrogen) atoms. The number of aromatic nitrogens is 1. The normalized spacial score (nSPS) is 19.2. The third kappa shape index (κ3) is 3.09. The first kappa shape index (κ1) is 18.6. The number of nitrogens with zero attached hydrogens (tertiary/aromatic N) is 3. The molecular formula is C24H23N3O3. The predicted octanol–water partition coefficient (Wildman–Crippen LogP) is 4.04. The maximum Gasteiger partial charge on any atom is 0.255 e. The summed E-state index contributed by atoms with van der Waals surface area (Å²) in [5.41, 5.74) is 3.24. The Kier molecular flexibility index (Phi) is 4.62. The van der Waals surface area contributed by atoms with Crippen molar-refractivity contribution in [2.24, 2.45) is 0 Å². The molecule has 6 nitrogen and oxygen atoms in total. The van der Waals surface area contributed by atoms with Gasteiger partial charge in [-0.25, -0.2) is 0 Å². The van der Waals surface area contributed by atoms with Gasteiger partial charge in [0.25, 0.3) is 11.8 Å². The molecule has 2 atom stereocenters. The number of carbonyl (C=O) groups is 2. The van der Waals surface area contributed by atoms with E-state index in [2.05, 4.69) is 5.16 Å². The maximum absolute atomic E-state index is 13.9. The van der Waals surface area contributed by atoms with Crippen LogP contribution < -0.4 is 0 Å². The van der Waals surface area contributed by atoms with Crippen LogP contribution in [0, 0.1) is 6.92 Å². The zero-order valence-corrected chi connectivity index (χ0v) is 16.8. The zero-order valence-electron chi connectivity index (χ0n) is 16.8. The monoisotopic (exact) mass is 401 g/mol. The summed E-state index contributed by atoms with van der Waals surface area (Å²) in [6.45, 7) is 2.93. The lowest BCUT2D eigenvalue weighted by Crippen LogP contribution is -2.43. The number of hydrogen-bond acceptors (Lipinski definition) is 4.